The summed E-state index contributed by atoms with van der Waals surface area (Å²) in [5, 5.41) is 9.34. The molecule has 0 radical (unpaired) electrons. The van der Waals surface area contributed by atoms with Crippen LogP contribution in [0.25, 0.3) is 6.08 Å². The van der Waals surface area contributed by atoms with Gasteiger partial charge in [-0.25, -0.2) is 0 Å². The highest BCUT2D eigenvalue weighted by atomic mass is 16.5. The molecule has 0 aromatic heterocycles. The minimum Gasteiger partial charge on any atom is -0.504 e. The summed E-state index contributed by atoms with van der Waals surface area (Å²) < 4.78 is 4.98. The lowest BCUT2D eigenvalue weighted by atomic mass is 10.2. The average molecular weight is 193 g/mol. The van der Waals surface area contributed by atoms with Crippen LogP contribution in [0.5, 0.6) is 11.5 Å². The van der Waals surface area contributed by atoms with Crippen molar-refractivity contribution >= 4 is 6.08 Å². The largest absolute Gasteiger partial charge is 0.504 e. The minimum absolute atomic E-state index is 0.156. The van der Waals surface area contributed by atoms with Crippen molar-refractivity contribution in [1.29, 1.82) is 0 Å². The molecule has 0 atom stereocenters. The van der Waals surface area contributed by atoms with Crippen LogP contribution in [0, 0.1) is 0 Å². The van der Waals surface area contributed by atoms with Crippen LogP contribution in [-0.4, -0.2) is 18.8 Å². The molecule has 3 nitrogen and oxygen atoms in total. The molecule has 1 rings (SSSR count). The number of phenols is 1. The Labute approximate surface area is 83.8 Å². The first kappa shape index (κ1) is 10.6. The van der Waals surface area contributed by atoms with Crippen LogP contribution in [-0.2, 0) is 0 Å². The zero-order chi connectivity index (χ0) is 10.4. The van der Waals surface area contributed by atoms with E-state index in [1.807, 2.05) is 18.2 Å². The Morgan fingerprint density at radius 1 is 1.50 bits per heavy atom. The molecular weight excluding hydrogens is 178 g/mol. The van der Waals surface area contributed by atoms with Crippen LogP contribution in [0.1, 0.15) is 12.0 Å². The minimum atomic E-state index is 0.156. The summed E-state index contributed by atoms with van der Waals surface area (Å²) in [5.74, 6) is 0.642. The van der Waals surface area contributed by atoms with E-state index in [9.17, 15) is 5.11 Å². The molecule has 0 saturated heterocycles. The lowest BCUT2D eigenvalue weighted by molar-refractivity contribution is 0.373. The average Bonchev–Trinajstić information content (AvgIpc) is 2.21. The number of benzene rings is 1. The molecule has 14 heavy (non-hydrogen) atoms. The van der Waals surface area contributed by atoms with E-state index in [1.54, 1.807) is 12.1 Å². The third-order valence-corrected chi connectivity index (χ3v) is 1.85. The van der Waals surface area contributed by atoms with Crippen molar-refractivity contribution in [2.45, 2.75) is 6.42 Å². The molecule has 0 fully saturated rings. The van der Waals surface area contributed by atoms with Gasteiger partial charge in [-0.1, -0.05) is 18.2 Å². The molecule has 0 aliphatic heterocycles. The van der Waals surface area contributed by atoms with Crippen molar-refractivity contribution in [3.05, 3.63) is 29.8 Å². The van der Waals surface area contributed by atoms with Crippen LogP contribution in [0.2, 0.25) is 0 Å². The van der Waals surface area contributed by atoms with E-state index in [-0.39, 0.29) is 5.75 Å². The van der Waals surface area contributed by atoms with Gasteiger partial charge in [0, 0.05) is 0 Å². The molecule has 1 aromatic carbocycles. The van der Waals surface area contributed by atoms with Crippen molar-refractivity contribution in [3.63, 3.8) is 0 Å². The highest BCUT2D eigenvalue weighted by Gasteiger charge is 1.99. The van der Waals surface area contributed by atoms with Gasteiger partial charge in [0.2, 0.25) is 0 Å². The predicted molar refractivity (Wildman–Crippen MR) is 57.4 cm³/mol. The normalized spacial score (nSPS) is 10.7. The summed E-state index contributed by atoms with van der Waals surface area (Å²) in [6.07, 6.45) is 4.80. The number of aromatic hydroxyl groups is 1. The molecule has 0 saturated carbocycles. The molecule has 0 unspecified atom stereocenters. The number of hydrogen-bond acceptors (Lipinski definition) is 3. The van der Waals surface area contributed by atoms with Crippen molar-refractivity contribution in [1.82, 2.24) is 0 Å². The van der Waals surface area contributed by atoms with E-state index in [2.05, 4.69) is 0 Å². The first-order chi connectivity index (χ1) is 6.77. The third kappa shape index (κ3) is 2.78. The van der Waals surface area contributed by atoms with E-state index in [0.717, 1.165) is 12.0 Å². The van der Waals surface area contributed by atoms with Gasteiger partial charge in [0.25, 0.3) is 0 Å². The van der Waals surface area contributed by atoms with Gasteiger partial charge in [0.15, 0.2) is 11.5 Å². The summed E-state index contributed by atoms with van der Waals surface area (Å²) in [6, 6.07) is 5.22. The zero-order valence-corrected chi connectivity index (χ0v) is 8.23. The maximum Gasteiger partial charge on any atom is 0.161 e. The lowest BCUT2D eigenvalue weighted by Crippen LogP contribution is -1.94. The molecule has 0 spiro atoms. The number of ether oxygens (including phenoxy) is 1. The fourth-order valence-corrected chi connectivity index (χ4v) is 1.11. The Bertz CT molecular complexity index is 321. The van der Waals surface area contributed by atoms with Crippen molar-refractivity contribution < 1.29 is 9.84 Å². The molecular formula is C11H15NO2. The van der Waals surface area contributed by atoms with Crippen molar-refractivity contribution in [2.24, 2.45) is 5.73 Å². The molecule has 0 bridgehead atoms. The highest BCUT2D eigenvalue weighted by molar-refractivity contribution is 5.55. The number of hydrogen-bond donors (Lipinski definition) is 2. The number of phenolic OH excluding ortho intramolecular Hbond substituents is 1. The van der Waals surface area contributed by atoms with Crippen LogP contribution < -0.4 is 10.5 Å². The number of rotatable bonds is 4. The van der Waals surface area contributed by atoms with E-state index in [0.29, 0.717) is 12.3 Å². The molecule has 0 amide bonds. The van der Waals surface area contributed by atoms with Crippen LogP contribution in [0.4, 0.5) is 0 Å². The Balaban J connectivity index is 2.79. The second kappa shape index (κ2) is 5.29. The standard InChI is InChI=1S/C11H15NO2/c1-14-11-8-9(4-2-3-7-12)5-6-10(11)13/h2,4-6,8,13H,3,7,12H2,1H3/b4-2+. The highest BCUT2D eigenvalue weighted by Crippen LogP contribution is 2.26. The first-order valence-corrected chi connectivity index (χ1v) is 4.51. The van der Waals surface area contributed by atoms with Gasteiger partial charge >= 0.3 is 0 Å². The maximum absolute atomic E-state index is 9.34. The summed E-state index contributed by atoms with van der Waals surface area (Å²) in [5.41, 5.74) is 6.35. The Morgan fingerprint density at radius 3 is 2.93 bits per heavy atom. The summed E-state index contributed by atoms with van der Waals surface area (Å²) >= 11 is 0. The Morgan fingerprint density at radius 2 is 2.29 bits per heavy atom. The van der Waals surface area contributed by atoms with Gasteiger partial charge in [-0.05, 0) is 30.7 Å². The summed E-state index contributed by atoms with van der Waals surface area (Å²) in [7, 11) is 1.53. The van der Waals surface area contributed by atoms with Crippen LogP contribution in [0.15, 0.2) is 24.3 Å². The topological polar surface area (TPSA) is 55.5 Å². The Kier molecular flexibility index (Phi) is 4.01. The van der Waals surface area contributed by atoms with E-state index >= 15 is 0 Å². The fraction of sp³-hybridized carbons (Fsp3) is 0.273. The lowest BCUT2D eigenvalue weighted by Gasteiger charge is -2.03. The second-order valence-corrected chi connectivity index (χ2v) is 2.91. The van der Waals surface area contributed by atoms with Gasteiger partial charge in [-0.2, -0.15) is 0 Å². The van der Waals surface area contributed by atoms with Gasteiger partial charge in [-0.15, -0.1) is 0 Å². The van der Waals surface area contributed by atoms with Crippen molar-refractivity contribution in [3.8, 4) is 11.5 Å². The molecule has 1 aromatic rings. The van der Waals surface area contributed by atoms with Crippen molar-refractivity contribution in [2.75, 3.05) is 13.7 Å². The monoisotopic (exact) mass is 193 g/mol. The van der Waals surface area contributed by atoms with E-state index < -0.39 is 0 Å². The Hall–Kier alpha value is -1.48. The fourth-order valence-electron chi connectivity index (χ4n) is 1.11. The maximum atomic E-state index is 9.34. The molecule has 76 valence electrons. The SMILES string of the molecule is COc1cc(/C=C/CCN)ccc1O. The smallest absolute Gasteiger partial charge is 0.161 e. The van der Waals surface area contributed by atoms with E-state index in [4.69, 9.17) is 10.5 Å². The molecule has 3 N–H and O–H groups in total. The van der Waals surface area contributed by atoms with Gasteiger partial charge in [0.05, 0.1) is 7.11 Å². The summed E-state index contributed by atoms with van der Waals surface area (Å²) in [4.78, 5) is 0. The third-order valence-electron chi connectivity index (χ3n) is 1.85. The number of nitrogens with two attached hydrogens (primary N) is 1. The number of methoxy groups -OCH3 is 1. The zero-order valence-electron chi connectivity index (χ0n) is 8.23. The molecule has 0 aliphatic rings. The summed E-state index contributed by atoms with van der Waals surface area (Å²) in [6.45, 7) is 0.645. The molecule has 3 heteroatoms. The van der Waals surface area contributed by atoms with Crippen LogP contribution in [0.3, 0.4) is 0 Å². The van der Waals surface area contributed by atoms with Gasteiger partial charge in [-0.3, -0.25) is 0 Å². The second-order valence-electron chi connectivity index (χ2n) is 2.91. The molecule has 0 aliphatic carbocycles. The molecule has 0 heterocycles. The van der Waals surface area contributed by atoms with E-state index in [1.165, 1.54) is 7.11 Å². The first-order valence-electron chi connectivity index (χ1n) is 4.51. The van der Waals surface area contributed by atoms with Gasteiger partial charge in [0.1, 0.15) is 0 Å². The van der Waals surface area contributed by atoms with Gasteiger partial charge < -0.3 is 15.6 Å². The quantitative estimate of drug-likeness (QED) is 0.766. The predicted octanol–water partition coefficient (Wildman–Crippen LogP) is 1.76. The van der Waals surface area contributed by atoms with Crippen LogP contribution >= 0.6 is 0 Å².